The molecule has 142 valence electrons. The van der Waals surface area contributed by atoms with Crippen LogP contribution < -0.4 is 5.32 Å². The normalized spacial score (nSPS) is 11.2. The Hall–Kier alpha value is -2.63. The predicted molar refractivity (Wildman–Crippen MR) is 117 cm³/mol. The molecular formula is C22H20ClN3OS. The minimum atomic E-state index is -0.110. The molecule has 0 fully saturated rings. The van der Waals surface area contributed by atoms with E-state index in [4.69, 9.17) is 11.6 Å². The maximum absolute atomic E-state index is 12.9. The molecular weight excluding hydrogens is 390 g/mol. The van der Waals surface area contributed by atoms with Gasteiger partial charge < -0.3 is 5.32 Å². The molecule has 2 heterocycles. The first-order chi connectivity index (χ1) is 13.3. The zero-order valence-electron chi connectivity index (χ0n) is 16.1. The molecule has 0 radical (unpaired) electrons. The van der Waals surface area contributed by atoms with Crippen LogP contribution in [0.4, 0.5) is 5.69 Å². The van der Waals surface area contributed by atoms with Gasteiger partial charge in [0.15, 0.2) is 0 Å². The molecule has 1 N–H and O–H groups in total. The summed E-state index contributed by atoms with van der Waals surface area (Å²) in [6.07, 6.45) is 0. The van der Waals surface area contributed by atoms with Crippen molar-refractivity contribution in [1.29, 1.82) is 0 Å². The van der Waals surface area contributed by atoms with Gasteiger partial charge in [0.2, 0.25) is 0 Å². The van der Waals surface area contributed by atoms with Crippen molar-refractivity contribution in [3.05, 3.63) is 74.7 Å². The van der Waals surface area contributed by atoms with E-state index in [1.54, 1.807) is 0 Å². The Balaban J connectivity index is 1.74. The highest BCUT2D eigenvalue weighted by Crippen LogP contribution is 2.33. The molecule has 0 spiro atoms. The van der Waals surface area contributed by atoms with Crippen LogP contribution in [0.2, 0.25) is 5.02 Å². The maximum atomic E-state index is 12.9. The van der Waals surface area contributed by atoms with E-state index < -0.39 is 0 Å². The standard InChI is InChI=1S/C22H20ClN3OS/c1-12-9-13(2)20(14(3)10-12)24-21(27)19-11-16-15(4)25-26(22(16)28-19)18-8-6-5-7-17(18)23/h5-11H,1-4H3,(H,24,27). The van der Waals surface area contributed by atoms with E-state index in [1.165, 1.54) is 16.9 Å². The summed E-state index contributed by atoms with van der Waals surface area (Å²) in [6, 6.07) is 13.6. The zero-order valence-corrected chi connectivity index (χ0v) is 17.7. The molecule has 6 heteroatoms. The number of hydrogen-bond acceptors (Lipinski definition) is 3. The second-order valence-electron chi connectivity index (χ2n) is 7.01. The van der Waals surface area contributed by atoms with Crippen molar-refractivity contribution in [2.24, 2.45) is 0 Å². The third-order valence-corrected chi connectivity index (χ3v) is 6.19. The Bertz CT molecular complexity index is 1200. The highest BCUT2D eigenvalue weighted by Gasteiger charge is 2.19. The zero-order chi connectivity index (χ0) is 20.0. The number of benzene rings is 2. The summed E-state index contributed by atoms with van der Waals surface area (Å²) in [6.45, 7) is 8.03. The molecule has 4 nitrogen and oxygen atoms in total. The Morgan fingerprint density at radius 1 is 1.07 bits per heavy atom. The number of fused-ring (bicyclic) bond motifs is 1. The molecule has 0 unspecified atom stereocenters. The van der Waals surface area contributed by atoms with Crippen LogP contribution in [0.1, 0.15) is 32.1 Å². The molecule has 0 aliphatic carbocycles. The molecule has 0 atom stereocenters. The molecule has 4 aromatic rings. The summed E-state index contributed by atoms with van der Waals surface area (Å²) in [4.78, 5) is 14.5. The van der Waals surface area contributed by atoms with Crippen LogP contribution >= 0.6 is 22.9 Å². The van der Waals surface area contributed by atoms with Gasteiger partial charge in [0.1, 0.15) is 4.83 Å². The van der Waals surface area contributed by atoms with E-state index in [1.807, 2.05) is 55.8 Å². The van der Waals surface area contributed by atoms with E-state index >= 15 is 0 Å². The number of nitrogens with zero attached hydrogens (tertiary/aromatic N) is 2. The highest BCUT2D eigenvalue weighted by atomic mass is 35.5. The average molecular weight is 410 g/mol. The van der Waals surface area contributed by atoms with Gasteiger partial charge in [-0.2, -0.15) is 5.10 Å². The van der Waals surface area contributed by atoms with E-state index in [2.05, 4.69) is 29.5 Å². The van der Waals surface area contributed by atoms with Crippen LogP contribution in [0, 0.1) is 27.7 Å². The number of carbonyl (C=O) groups excluding carboxylic acids is 1. The second-order valence-corrected chi connectivity index (χ2v) is 8.44. The smallest absolute Gasteiger partial charge is 0.265 e. The first kappa shape index (κ1) is 18.7. The van der Waals surface area contributed by atoms with Gasteiger partial charge in [0.25, 0.3) is 5.91 Å². The van der Waals surface area contributed by atoms with Crippen molar-refractivity contribution in [3.8, 4) is 5.69 Å². The van der Waals surface area contributed by atoms with Gasteiger partial charge in [0.05, 0.1) is 21.3 Å². The van der Waals surface area contributed by atoms with E-state index in [9.17, 15) is 4.79 Å². The number of rotatable bonds is 3. The molecule has 0 saturated carbocycles. The van der Waals surface area contributed by atoms with E-state index in [0.717, 1.165) is 38.4 Å². The lowest BCUT2D eigenvalue weighted by Crippen LogP contribution is -2.12. The molecule has 0 saturated heterocycles. The van der Waals surface area contributed by atoms with Crippen LogP contribution in [0.5, 0.6) is 0 Å². The SMILES string of the molecule is Cc1cc(C)c(NC(=O)c2cc3c(C)nn(-c4ccccc4Cl)c3s2)c(C)c1. The van der Waals surface area contributed by atoms with Gasteiger partial charge in [-0.1, -0.05) is 41.4 Å². The number of thiophene rings is 1. The Kier molecular flexibility index (Phi) is 4.73. The number of aromatic nitrogens is 2. The first-order valence-corrected chi connectivity index (χ1v) is 10.2. The largest absolute Gasteiger partial charge is 0.321 e. The minimum Gasteiger partial charge on any atom is -0.321 e. The fraction of sp³-hybridized carbons (Fsp3) is 0.182. The summed E-state index contributed by atoms with van der Waals surface area (Å²) in [5.41, 5.74) is 5.85. The van der Waals surface area contributed by atoms with Gasteiger partial charge in [-0.3, -0.25) is 4.79 Å². The number of hydrogen-bond donors (Lipinski definition) is 1. The van der Waals surface area contributed by atoms with Crippen molar-refractivity contribution in [2.75, 3.05) is 5.32 Å². The number of para-hydroxylation sites is 1. The molecule has 28 heavy (non-hydrogen) atoms. The summed E-state index contributed by atoms with van der Waals surface area (Å²) < 4.78 is 1.82. The maximum Gasteiger partial charge on any atom is 0.265 e. The number of amides is 1. The predicted octanol–water partition coefficient (Wildman–Crippen LogP) is 6.23. The lowest BCUT2D eigenvalue weighted by atomic mass is 10.1. The fourth-order valence-electron chi connectivity index (χ4n) is 3.50. The minimum absolute atomic E-state index is 0.110. The number of carbonyl (C=O) groups is 1. The monoisotopic (exact) mass is 409 g/mol. The Morgan fingerprint density at radius 2 is 1.75 bits per heavy atom. The summed E-state index contributed by atoms with van der Waals surface area (Å²) in [7, 11) is 0. The highest BCUT2D eigenvalue weighted by molar-refractivity contribution is 7.20. The average Bonchev–Trinajstić information content (AvgIpc) is 3.19. The number of nitrogens with one attached hydrogen (secondary N) is 1. The van der Waals surface area contributed by atoms with Crippen LogP contribution in [0.3, 0.4) is 0 Å². The third-order valence-electron chi connectivity index (χ3n) is 4.76. The number of halogens is 1. The second kappa shape index (κ2) is 7.08. The van der Waals surface area contributed by atoms with E-state index in [0.29, 0.717) is 9.90 Å². The van der Waals surface area contributed by atoms with Crippen molar-refractivity contribution in [3.63, 3.8) is 0 Å². The van der Waals surface area contributed by atoms with Crippen molar-refractivity contribution in [2.45, 2.75) is 27.7 Å². The lowest BCUT2D eigenvalue weighted by Gasteiger charge is -2.12. The molecule has 0 bridgehead atoms. The quantitative estimate of drug-likeness (QED) is 0.436. The van der Waals surface area contributed by atoms with Gasteiger partial charge in [-0.05, 0) is 57.0 Å². The molecule has 4 rings (SSSR count). The van der Waals surface area contributed by atoms with Gasteiger partial charge in [0, 0.05) is 11.1 Å². The van der Waals surface area contributed by atoms with Crippen LogP contribution in [0.25, 0.3) is 15.9 Å². The van der Waals surface area contributed by atoms with E-state index in [-0.39, 0.29) is 5.91 Å². The van der Waals surface area contributed by atoms with Crippen LogP contribution in [-0.2, 0) is 0 Å². The number of anilines is 1. The number of aryl methyl sites for hydroxylation is 4. The fourth-order valence-corrected chi connectivity index (χ4v) is 4.79. The molecule has 2 aromatic carbocycles. The topological polar surface area (TPSA) is 46.9 Å². The third kappa shape index (κ3) is 3.21. The van der Waals surface area contributed by atoms with Crippen molar-refractivity contribution >= 4 is 44.7 Å². The first-order valence-electron chi connectivity index (χ1n) is 8.98. The summed E-state index contributed by atoms with van der Waals surface area (Å²) in [5, 5.41) is 9.28. The molecule has 2 aromatic heterocycles. The molecule has 1 amide bonds. The van der Waals surface area contributed by atoms with Gasteiger partial charge in [-0.25, -0.2) is 4.68 Å². The van der Waals surface area contributed by atoms with Crippen molar-refractivity contribution < 1.29 is 4.79 Å². The van der Waals surface area contributed by atoms with Gasteiger partial charge in [-0.15, -0.1) is 11.3 Å². The summed E-state index contributed by atoms with van der Waals surface area (Å²) in [5.74, 6) is -0.110. The molecule has 0 aliphatic rings. The van der Waals surface area contributed by atoms with Crippen LogP contribution in [0.15, 0.2) is 42.5 Å². The Morgan fingerprint density at radius 3 is 2.43 bits per heavy atom. The lowest BCUT2D eigenvalue weighted by molar-refractivity contribution is 0.103. The van der Waals surface area contributed by atoms with Crippen LogP contribution in [-0.4, -0.2) is 15.7 Å². The van der Waals surface area contributed by atoms with Crippen molar-refractivity contribution in [1.82, 2.24) is 9.78 Å². The van der Waals surface area contributed by atoms with Gasteiger partial charge >= 0.3 is 0 Å². The Labute approximate surface area is 172 Å². The molecule has 0 aliphatic heterocycles. The summed E-state index contributed by atoms with van der Waals surface area (Å²) >= 11 is 7.78.